The molecule has 0 aliphatic heterocycles. The molecular weight excluding hydrogens is 293 g/mol. The van der Waals surface area contributed by atoms with Gasteiger partial charge in [-0.1, -0.05) is 30.3 Å². The number of benzene rings is 2. The highest BCUT2D eigenvalue weighted by Crippen LogP contribution is 2.42. The van der Waals surface area contributed by atoms with Gasteiger partial charge in [0, 0.05) is 24.2 Å². The van der Waals surface area contributed by atoms with E-state index in [4.69, 9.17) is 4.74 Å². The van der Waals surface area contributed by atoms with Gasteiger partial charge in [-0.2, -0.15) is 0 Å². The van der Waals surface area contributed by atoms with Gasteiger partial charge in [-0.25, -0.2) is 4.39 Å². The standard InChI is InChI=1S/C19H22FNO2/c1-23-16-8-9-17(18(20)10-16)19(13-6-7-13)21-11-14-4-2-3-5-15(14)12-22/h2-5,8-10,13,19,21-22H,6-7,11-12H2,1H3. The summed E-state index contributed by atoms with van der Waals surface area (Å²) in [7, 11) is 1.54. The van der Waals surface area contributed by atoms with E-state index in [9.17, 15) is 9.50 Å². The van der Waals surface area contributed by atoms with Gasteiger partial charge in [0.15, 0.2) is 0 Å². The number of halogens is 1. The molecule has 3 nitrogen and oxygen atoms in total. The Hall–Kier alpha value is -1.91. The molecule has 2 N–H and O–H groups in total. The van der Waals surface area contributed by atoms with Crippen molar-refractivity contribution in [2.45, 2.75) is 32.0 Å². The molecule has 23 heavy (non-hydrogen) atoms. The average Bonchev–Trinajstić information content (AvgIpc) is 3.41. The van der Waals surface area contributed by atoms with E-state index in [-0.39, 0.29) is 18.5 Å². The minimum absolute atomic E-state index is 0.00680. The van der Waals surface area contributed by atoms with Gasteiger partial charge in [-0.05, 0) is 36.0 Å². The summed E-state index contributed by atoms with van der Waals surface area (Å²) in [5.41, 5.74) is 2.65. The van der Waals surface area contributed by atoms with Gasteiger partial charge in [0.25, 0.3) is 0 Å². The van der Waals surface area contributed by atoms with Crippen molar-refractivity contribution in [1.82, 2.24) is 5.32 Å². The van der Waals surface area contributed by atoms with Crippen LogP contribution in [-0.4, -0.2) is 12.2 Å². The highest BCUT2D eigenvalue weighted by Gasteiger charge is 2.33. The van der Waals surface area contributed by atoms with Gasteiger partial charge in [0.05, 0.1) is 13.7 Å². The summed E-state index contributed by atoms with van der Waals surface area (Å²) < 4.78 is 19.5. The zero-order chi connectivity index (χ0) is 16.2. The second kappa shape index (κ2) is 7.11. The lowest BCUT2D eigenvalue weighted by Gasteiger charge is -2.21. The lowest BCUT2D eigenvalue weighted by atomic mass is 10.0. The molecule has 0 spiro atoms. The van der Waals surface area contributed by atoms with Crippen molar-refractivity contribution in [2.24, 2.45) is 5.92 Å². The van der Waals surface area contributed by atoms with Crippen LogP contribution in [0.4, 0.5) is 4.39 Å². The first kappa shape index (κ1) is 16.0. The van der Waals surface area contributed by atoms with Crippen LogP contribution in [0.25, 0.3) is 0 Å². The van der Waals surface area contributed by atoms with Crippen molar-refractivity contribution in [1.29, 1.82) is 0 Å². The molecule has 2 aromatic carbocycles. The quantitative estimate of drug-likeness (QED) is 0.821. The Labute approximate surface area is 136 Å². The van der Waals surface area contributed by atoms with Gasteiger partial charge in [0.1, 0.15) is 11.6 Å². The van der Waals surface area contributed by atoms with Crippen molar-refractivity contribution in [3.63, 3.8) is 0 Å². The van der Waals surface area contributed by atoms with E-state index in [1.807, 2.05) is 30.3 Å². The minimum Gasteiger partial charge on any atom is -0.497 e. The smallest absolute Gasteiger partial charge is 0.131 e. The maximum atomic E-state index is 14.4. The molecule has 1 fully saturated rings. The van der Waals surface area contributed by atoms with Crippen molar-refractivity contribution in [3.05, 3.63) is 65.0 Å². The van der Waals surface area contributed by atoms with Crippen LogP contribution in [0, 0.1) is 11.7 Å². The highest BCUT2D eigenvalue weighted by molar-refractivity contribution is 5.32. The van der Waals surface area contributed by atoms with E-state index < -0.39 is 0 Å². The van der Waals surface area contributed by atoms with Crippen LogP contribution in [-0.2, 0) is 13.2 Å². The topological polar surface area (TPSA) is 41.5 Å². The molecule has 0 saturated heterocycles. The molecule has 1 aliphatic rings. The van der Waals surface area contributed by atoms with Crippen molar-refractivity contribution < 1.29 is 14.2 Å². The Balaban J connectivity index is 1.77. The molecule has 2 aromatic rings. The third-order valence-corrected chi connectivity index (χ3v) is 4.44. The number of hydrogen-bond acceptors (Lipinski definition) is 3. The van der Waals surface area contributed by atoms with Crippen LogP contribution >= 0.6 is 0 Å². The van der Waals surface area contributed by atoms with Gasteiger partial charge in [0.2, 0.25) is 0 Å². The zero-order valence-corrected chi connectivity index (χ0v) is 13.3. The van der Waals surface area contributed by atoms with Crippen LogP contribution in [0.15, 0.2) is 42.5 Å². The van der Waals surface area contributed by atoms with Crippen LogP contribution < -0.4 is 10.1 Å². The molecule has 0 bridgehead atoms. The fraction of sp³-hybridized carbons (Fsp3) is 0.368. The van der Waals surface area contributed by atoms with E-state index in [0.29, 0.717) is 23.8 Å². The van der Waals surface area contributed by atoms with Crippen molar-refractivity contribution >= 4 is 0 Å². The fourth-order valence-electron chi connectivity index (χ4n) is 2.95. The molecule has 1 atom stereocenters. The maximum Gasteiger partial charge on any atom is 0.131 e. The average molecular weight is 315 g/mol. The van der Waals surface area contributed by atoms with E-state index in [1.165, 1.54) is 13.2 Å². The predicted octanol–water partition coefficient (Wildman–Crippen LogP) is 3.57. The summed E-state index contributed by atoms with van der Waals surface area (Å²) in [5, 5.41) is 12.9. The second-order valence-electron chi connectivity index (χ2n) is 6.01. The van der Waals surface area contributed by atoms with Crippen LogP contribution in [0.5, 0.6) is 5.75 Å². The van der Waals surface area contributed by atoms with E-state index in [0.717, 1.165) is 24.0 Å². The lowest BCUT2D eigenvalue weighted by molar-refractivity contribution is 0.280. The Morgan fingerprint density at radius 3 is 2.57 bits per heavy atom. The first-order chi connectivity index (χ1) is 11.2. The van der Waals surface area contributed by atoms with Crippen LogP contribution in [0.1, 0.15) is 35.6 Å². The van der Waals surface area contributed by atoms with E-state index in [1.54, 1.807) is 6.07 Å². The summed E-state index contributed by atoms with van der Waals surface area (Å²) in [4.78, 5) is 0. The molecule has 3 rings (SSSR count). The number of hydrogen-bond donors (Lipinski definition) is 2. The fourth-order valence-corrected chi connectivity index (χ4v) is 2.95. The van der Waals surface area contributed by atoms with Crippen LogP contribution in [0.3, 0.4) is 0 Å². The minimum atomic E-state index is -0.232. The van der Waals surface area contributed by atoms with Gasteiger partial charge in [-0.15, -0.1) is 0 Å². The van der Waals surface area contributed by atoms with E-state index in [2.05, 4.69) is 5.32 Å². The largest absolute Gasteiger partial charge is 0.497 e. The number of nitrogens with one attached hydrogen (secondary N) is 1. The molecule has 0 radical (unpaired) electrons. The Morgan fingerprint density at radius 2 is 1.96 bits per heavy atom. The third kappa shape index (κ3) is 3.71. The molecule has 1 saturated carbocycles. The lowest BCUT2D eigenvalue weighted by Crippen LogP contribution is -2.24. The molecule has 1 unspecified atom stereocenters. The number of methoxy groups -OCH3 is 1. The number of aliphatic hydroxyl groups is 1. The SMILES string of the molecule is COc1ccc(C(NCc2ccccc2CO)C2CC2)c(F)c1. The Morgan fingerprint density at radius 1 is 1.22 bits per heavy atom. The molecule has 4 heteroatoms. The molecule has 0 amide bonds. The number of ether oxygens (including phenoxy) is 1. The predicted molar refractivity (Wildman–Crippen MR) is 87.6 cm³/mol. The van der Waals surface area contributed by atoms with E-state index >= 15 is 0 Å². The van der Waals surface area contributed by atoms with Crippen molar-refractivity contribution in [2.75, 3.05) is 7.11 Å². The summed E-state index contributed by atoms with van der Waals surface area (Å²) in [6.45, 7) is 0.631. The number of rotatable bonds is 7. The first-order valence-electron chi connectivity index (χ1n) is 7.97. The number of aliphatic hydroxyl groups excluding tert-OH is 1. The zero-order valence-electron chi connectivity index (χ0n) is 13.3. The maximum absolute atomic E-state index is 14.4. The summed E-state index contributed by atoms with van der Waals surface area (Å²) in [6, 6.07) is 12.8. The Bertz CT molecular complexity index is 670. The van der Waals surface area contributed by atoms with Gasteiger partial charge in [-0.3, -0.25) is 0 Å². The molecule has 122 valence electrons. The summed E-state index contributed by atoms with van der Waals surface area (Å²) in [5.74, 6) is 0.773. The highest BCUT2D eigenvalue weighted by atomic mass is 19.1. The van der Waals surface area contributed by atoms with Crippen LogP contribution in [0.2, 0.25) is 0 Å². The molecular formula is C19H22FNO2. The molecule has 1 aliphatic carbocycles. The van der Waals surface area contributed by atoms with Gasteiger partial charge < -0.3 is 15.2 Å². The molecule has 0 aromatic heterocycles. The van der Waals surface area contributed by atoms with Gasteiger partial charge >= 0.3 is 0 Å². The Kier molecular flexibility index (Phi) is 4.94. The third-order valence-electron chi connectivity index (χ3n) is 4.44. The first-order valence-corrected chi connectivity index (χ1v) is 7.97. The molecule has 0 heterocycles. The second-order valence-corrected chi connectivity index (χ2v) is 6.01. The summed E-state index contributed by atoms with van der Waals surface area (Å²) >= 11 is 0. The van der Waals surface area contributed by atoms with Crippen molar-refractivity contribution in [3.8, 4) is 5.75 Å². The monoisotopic (exact) mass is 315 g/mol. The summed E-state index contributed by atoms with van der Waals surface area (Å²) in [6.07, 6.45) is 2.23. The normalized spacial score (nSPS) is 15.4.